The number of carbonyl (C=O) groups is 6. The van der Waals surface area contributed by atoms with Crippen LogP contribution in [0.5, 0.6) is 0 Å². The maximum absolute atomic E-state index is 12.3. The minimum Gasteiger partial charge on any atom is -0.394 e. The van der Waals surface area contributed by atoms with Gasteiger partial charge in [0.2, 0.25) is 23.6 Å². The highest BCUT2D eigenvalue weighted by atomic mass is 16.3. The fourth-order valence-corrected chi connectivity index (χ4v) is 3.73. The van der Waals surface area contributed by atoms with Crippen LogP contribution >= 0.6 is 0 Å². The zero-order valence-corrected chi connectivity index (χ0v) is 23.5. The van der Waals surface area contributed by atoms with Gasteiger partial charge in [0.1, 0.15) is 23.5 Å². The van der Waals surface area contributed by atoms with Crippen molar-refractivity contribution in [2.24, 2.45) is 0 Å². The van der Waals surface area contributed by atoms with Crippen molar-refractivity contribution in [1.82, 2.24) is 31.2 Å². The minimum absolute atomic E-state index is 0.0393. The molecule has 0 fully saturated rings. The van der Waals surface area contributed by atoms with Crippen LogP contribution in [0.1, 0.15) is 33.8 Å². The number of carbonyl (C=O) groups excluding carboxylic acids is 6. The van der Waals surface area contributed by atoms with Gasteiger partial charge in [0.05, 0.1) is 13.2 Å². The van der Waals surface area contributed by atoms with E-state index in [1.54, 1.807) is 48.8 Å². The number of aliphatic hydroxyl groups is 2. The summed E-state index contributed by atoms with van der Waals surface area (Å²) in [6.45, 7) is -1.33. The fraction of sp³-hybridized carbons (Fsp3) is 0.286. The van der Waals surface area contributed by atoms with Crippen LogP contribution in [0.4, 0.5) is 11.4 Å². The first-order valence-corrected chi connectivity index (χ1v) is 13.6. The zero-order chi connectivity index (χ0) is 31.9. The van der Waals surface area contributed by atoms with Crippen molar-refractivity contribution in [1.29, 1.82) is 0 Å². The standard InChI is InChI=1S/C28H34N8O8/c37-15-21(35-27(43)19-3-1-11-29-19)25(41)31-13-9-23(39)33-17-5-7-18(8-6-17)34-24(40)10-14-32-26(42)22(16-38)36-28(44)20-4-2-12-30-20/h1-8,11-12,21-22,29-30,37-38H,9-10,13-16H2,(H,31,41)(H,32,42)(H,33,39)(H,34,40)(H,35,43)(H,36,44)/t21-,22-/m0/s1. The van der Waals surface area contributed by atoms with E-state index in [1.165, 1.54) is 12.1 Å². The second kappa shape index (κ2) is 16.8. The van der Waals surface area contributed by atoms with Crippen molar-refractivity contribution in [3.05, 3.63) is 72.3 Å². The molecule has 0 bridgehead atoms. The lowest BCUT2D eigenvalue weighted by atomic mass is 10.2. The number of aliphatic hydroxyl groups excluding tert-OH is 2. The van der Waals surface area contributed by atoms with E-state index >= 15 is 0 Å². The van der Waals surface area contributed by atoms with Gasteiger partial charge in [-0.25, -0.2) is 0 Å². The lowest BCUT2D eigenvalue weighted by Crippen LogP contribution is -2.49. The third-order valence-corrected chi connectivity index (χ3v) is 6.05. The Bertz CT molecular complexity index is 1300. The minimum atomic E-state index is -1.19. The Balaban J connectivity index is 1.33. The summed E-state index contributed by atoms with van der Waals surface area (Å²) in [6, 6.07) is 10.1. The summed E-state index contributed by atoms with van der Waals surface area (Å²) >= 11 is 0. The summed E-state index contributed by atoms with van der Waals surface area (Å²) in [5, 5.41) is 33.9. The van der Waals surface area contributed by atoms with Gasteiger partial charge < -0.3 is 52.1 Å². The van der Waals surface area contributed by atoms with Crippen LogP contribution in [0.25, 0.3) is 0 Å². The van der Waals surface area contributed by atoms with E-state index < -0.39 is 60.7 Å². The SMILES string of the molecule is O=C(CCNC(=O)[C@H](CO)NC(=O)c1ccc[nH]1)Nc1ccc(NC(=O)CCNC(=O)[C@H](CO)NC(=O)c2ccc[nH]2)cc1. The molecule has 0 saturated heterocycles. The average Bonchev–Trinajstić information content (AvgIpc) is 3.75. The molecule has 2 aromatic heterocycles. The lowest BCUT2D eigenvalue weighted by molar-refractivity contribution is -0.125. The number of H-pyrrole nitrogens is 2. The number of benzene rings is 1. The Labute approximate surface area is 251 Å². The molecule has 16 heteroatoms. The Hall–Kier alpha value is -5.48. The highest BCUT2D eigenvalue weighted by Crippen LogP contribution is 2.14. The van der Waals surface area contributed by atoms with E-state index in [-0.39, 0.29) is 37.3 Å². The molecule has 3 rings (SSSR count). The third-order valence-electron chi connectivity index (χ3n) is 6.05. The van der Waals surface area contributed by atoms with Gasteiger partial charge >= 0.3 is 0 Å². The Morgan fingerprint density at radius 2 is 1.00 bits per heavy atom. The first kappa shape index (κ1) is 33.0. The molecule has 2 heterocycles. The highest BCUT2D eigenvalue weighted by molar-refractivity contribution is 5.97. The first-order valence-electron chi connectivity index (χ1n) is 13.6. The quantitative estimate of drug-likeness (QED) is 0.0943. The number of anilines is 2. The smallest absolute Gasteiger partial charge is 0.268 e. The molecule has 1 aromatic carbocycles. The zero-order valence-electron chi connectivity index (χ0n) is 23.5. The van der Waals surface area contributed by atoms with Crippen molar-refractivity contribution >= 4 is 46.8 Å². The second-order valence-electron chi connectivity index (χ2n) is 9.34. The molecule has 2 atom stereocenters. The van der Waals surface area contributed by atoms with Crippen LogP contribution in [0.15, 0.2) is 60.9 Å². The molecule has 10 N–H and O–H groups in total. The van der Waals surface area contributed by atoms with Crippen LogP contribution in [0.2, 0.25) is 0 Å². The van der Waals surface area contributed by atoms with E-state index in [0.717, 1.165) is 0 Å². The molecule has 0 unspecified atom stereocenters. The van der Waals surface area contributed by atoms with Gasteiger partial charge in [0.25, 0.3) is 11.8 Å². The van der Waals surface area contributed by atoms with Crippen molar-refractivity contribution in [3.8, 4) is 0 Å². The molecule has 0 aliphatic heterocycles. The molecule has 0 spiro atoms. The van der Waals surface area contributed by atoms with Crippen molar-refractivity contribution in [2.75, 3.05) is 36.9 Å². The summed E-state index contributed by atoms with van der Waals surface area (Å²) < 4.78 is 0. The van der Waals surface area contributed by atoms with E-state index in [1.807, 2.05) is 0 Å². The van der Waals surface area contributed by atoms with Gasteiger partial charge in [-0.1, -0.05) is 0 Å². The number of hydrogen-bond donors (Lipinski definition) is 10. The molecule has 44 heavy (non-hydrogen) atoms. The fourth-order valence-electron chi connectivity index (χ4n) is 3.73. The molecular formula is C28H34N8O8. The Morgan fingerprint density at radius 1 is 0.614 bits per heavy atom. The number of hydrogen-bond acceptors (Lipinski definition) is 8. The lowest BCUT2D eigenvalue weighted by Gasteiger charge is -2.16. The summed E-state index contributed by atoms with van der Waals surface area (Å²) in [5.41, 5.74) is 1.34. The number of nitrogens with one attached hydrogen (secondary N) is 8. The Kier molecular flexibility index (Phi) is 12.6. The van der Waals surface area contributed by atoms with Crippen LogP contribution in [-0.2, 0) is 19.2 Å². The summed E-state index contributed by atoms with van der Waals surface area (Å²) in [6.07, 6.45) is 2.93. The Morgan fingerprint density at radius 3 is 1.32 bits per heavy atom. The van der Waals surface area contributed by atoms with Gasteiger partial charge in [-0.05, 0) is 48.5 Å². The summed E-state index contributed by atoms with van der Waals surface area (Å²) in [5.74, 6) is -3.22. The number of amides is 6. The van der Waals surface area contributed by atoms with E-state index in [4.69, 9.17) is 0 Å². The summed E-state index contributed by atoms with van der Waals surface area (Å²) in [4.78, 5) is 78.5. The van der Waals surface area contributed by atoms with E-state index in [0.29, 0.717) is 11.4 Å². The molecule has 0 saturated carbocycles. The second-order valence-corrected chi connectivity index (χ2v) is 9.34. The molecule has 6 amide bonds. The van der Waals surface area contributed by atoms with E-state index in [9.17, 15) is 39.0 Å². The van der Waals surface area contributed by atoms with Crippen molar-refractivity contribution in [2.45, 2.75) is 24.9 Å². The van der Waals surface area contributed by atoms with Crippen molar-refractivity contribution in [3.63, 3.8) is 0 Å². The molecular weight excluding hydrogens is 576 g/mol. The molecule has 0 radical (unpaired) electrons. The number of aromatic nitrogens is 2. The van der Waals surface area contributed by atoms with Crippen LogP contribution in [0.3, 0.4) is 0 Å². The normalized spacial score (nSPS) is 11.9. The van der Waals surface area contributed by atoms with Gasteiger partial charge in [0, 0.05) is 49.7 Å². The predicted octanol–water partition coefficient (Wildman–Crippen LogP) is -1.19. The maximum atomic E-state index is 12.3. The first-order chi connectivity index (χ1) is 21.2. The summed E-state index contributed by atoms with van der Waals surface area (Å²) in [7, 11) is 0. The van der Waals surface area contributed by atoms with Crippen LogP contribution in [-0.4, -0.2) is 94.0 Å². The molecule has 0 aliphatic carbocycles. The third kappa shape index (κ3) is 10.4. The monoisotopic (exact) mass is 610 g/mol. The molecule has 16 nitrogen and oxygen atoms in total. The van der Waals surface area contributed by atoms with Gasteiger partial charge in [-0.2, -0.15) is 0 Å². The van der Waals surface area contributed by atoms with Gasteiger partial charge in [0.15, 0.2) is 0 Å². The number of rotatable bonds is 16. The average molecular weight is 611 g/mol. The van der Waals surface area contributed by atoms with Gasteiger partial charge in [-0.15, -0.1) is 0 Å². The number of aromatic amines is 2. The predicted molar refractivity (Wildman–Crippen MR) is 157 cm³/mol. The molecule has 234 valence electrons. The maximum Gasteiger partial charge on any atom is 0.268 e. The van der Waals surface area contributed by atoms with E-state index in [2.05, 4.69) is 41.9 Å². The van der Waals surface area contributed by atoms with Gasteiger partial charge in [-0.3, -0.25) is 28.8 Å². The van der Waals surface area contributed by atoms with Crippen LogP contribution in [0, 0.1) is 0 Å². The molecule has 0 aliphatic rings. The molecule has 3 aromatic rings. The largest absolute Gasteiger partial charge is 0.394 e. The van der Waals surface area contributed by atoms with Crippen molar-refractivity contribution < 1.29 is 39.0 Å². The van der Waals surface area contributed by atoms with Crippen LogP contribution < -0.4 is 31.9 Å². The highest BCUT2D eigenvalue weighted by Gasteiger charge is 2.22. The topological polar surface area (TPSA) is 247 Å².